The molecule has 2 aromatic carbocycles. The Morgan fingerprint density at radius 2 is 2.04 bits per heavy atom. The third-order valence-electron chi connectivity index (χ3n) is 5.16. The molecular weight excluding hydrogens is 338 g/mol. The van der Waals surface area contributed by atoms with Crippen molar-refractivity contribution in [1.29, 1.82) is 0 Å². The minimum Gasteiger partial charge on any atom is -0.438 e. The molecule has 0 fully saturated rings. The average Bonchev–Trinajstić information content (AvgIpc) is 3.34. The molecule has 1 aliphatic rings. The van der Waals surface area contributed by atoms with Crippen LogP contribution in [0.15, 0.2) is 53.2 Å². The summed E-state index contributed by atoms with van der Waals surface area (Å²) in [5.41, 5.74) is 5.05. The molecule has 6 rings (SSSR count). The minimum atomic E-state index is 0.376. The Kier molecular flexibility index (Phi) is 2.46. The second kappa shape index (κ2) is 4.72. The summed E-state index contributed by atoms with van der Waals surface area (Å²) in [5, 5.41) is 2.99. The lowest BCUT2D eigenvalue weighted by molar-refractivity contribution is -0.749. The first-order valence-corrected chi connectivity index (χ1v) is 8.42. The van der Waals surface area contributed by atoms with Gasteiger partial charge in [0.05, 0.1) is 18.5 Å². The van der Waals surface area contributed by atoms with E-state index in [4.69, 9.17) is 17.6 Å². The Bertz CT molecular complexity index is 1520. The molecule has 6 nitrogen and oxygen atoms in total. The summed E-state index contributed by atoms with van der Waals surface area (Å²) in [5.74, 6) is 0. The normalized spacial score (nSPS) is 12.2. The van der Waals surface area contributed by atoms with Gasteiger partial charge in [-0.1, -0.05) is 12.1 Å². The van der Waals surface area contributed by atoms with Crippen LogP contribution < -0.4 is 4.68 Å². The number of pyridine rings is 1. The summed E-state index contributed by atoms with van der Waals surface area (Å²) in [6.45, 7) is 15.7. The van der Waals surface area contributed by atoms with Gasteiger partial charge in [0.25, 0.3) is 0 Å². The molecule has 124 valence electrons. The summed E-state index contributed by atoms with van der Waals surface area (Å²) < 4.78 is 10.0. The van der Waals surface area contributed by atoms with Crippen molar-refractivity contribution in [2.75, 3.05) is 0 Å². The van der Waals surface area contributed by atoms with Gasteiger partial charge in [-0.15, -0.1) is 9.36 Å². The number of fused-ring (bicyclic) bond motifs is 8. The van der Waals surface area contributed by atoms with Crippen LogP contribution in [0.25, 0.3) is 48.3 Å². The van der Waals surface area contributed by atoms with Gasteiger partial charge in [0.2, 0.25) is 17.6 Å². The fourth-order valence-corrected chi connectivity index (χ4v) is 4.02. The van der Waals surface area contributed by atoms with E-state index >= 15 is 0 Å². The largest absolute Gasteiger partial charge is 0.438 e. The van der Waals surface area contributed by atoms with E-state index in [1.165, 1.54) is 0 Å². The molecule has 0 radical (unpaired) electrons. The molecule has 0 amide bonds. The molecule has 3 aromatic heterocycles. The van der Waals surface area contributed by atoms with Gasteiger partial charge < -0.3 is 4.42 Å². The molecular formula is C21H10N5O+. The highest BCUT2D eigenvalue weighted by molar-refractivity contribution is 6.05. The van der Waals surface area contributed by atoms with Crippen LogP contribution in [0.5, 0.6) is 0 Å². The van der Waals surface area contributed by atoms with Crippen LogP contribution in [0.2, 0.25) is 0 Å². The zero-order chi connectivity index (χ0) is 18.1. The molecule has 0 unspecified atom stereocenters. The number of benzene rings is 2. The van der Waals surface area contributed by atoms with Crippen LogP contribution in [0.4, 0.5) is 11.4 Å². The van der Waals surface area contributed by atoms with Crippen LogP contribution in [0, 0.1) is 13.1 Å². The van der Waals surface area contributed by atoms with Crippen LogP contribution in [0.1, 0.15) is 5.56 Å². The van der Waals surface area contributed by atoms with Gasteiger partial charge in [-0.2, -0.15) is 0 Å². The number of hydrogen-bond donors (Lipinski definition) is 0. The van der Waals surface area contributed by atoms with Crippen molar-refractivity contribution in [3.05, 3.63) is 77.2 Å². The lowest BCUT2D eigenvalue weighted by Gasteiger charge is -2.01. The highest BCUT2D eigenvalue weighted by Gasteiger charge is 2.31. The van der Waals surface area contributed by atoms with E-state index in [0.29, 0.717) is 23.6 Å². The minimum absolute atomic E-state index is 0.376. The molecule has 0 saturated carbocycles. The molecule has 5 aromatic rings. The zero-order valence-electron chi connectivity index (χ0n) is 14.0. The fourth-order valence-electron chi connectivity index (χ4n) is 4.02. The van der Waals surface area contributed by atoms with E-state index in [1.54, 1.807) is 12.3 Å². The fraction of sp³-hybridized carbons (Fsp3) is 0.0476. The summed E-state index contributed by atoms with van der Waals surface area (Å²) in [6, 6.07) is 11.7. The third-order valence-corrected chi connectivity index (χ3v) is 5.16. The Morgan fingerprint density at radius 1 is 1.11 bits per heavy atom. The van der Waals surface area contributed by atoms with Gasteiger partial charge in [0, 0.05) is 28.6 Å². The molecule has 6 heteroatoms. The molecule has 0 aliphatic carbocycles. The van der Waals surface area contributed by atoms with Gasteiger partial charge in [-0.25, -0.2) is 9.83 Å². The van der Waals surface area contributed by atoms with Crippen molar-refractivity contribution in [3.8, 4) is 5.69 Å². The molecule has 0 spiro atoms. The van der Waals surface area contributed by atoms with Gasteiger partial charge >= 0.3 is 0 Å². The maximum Gasteiger partial charge on any atom is 0.227 e. The monoisotopic (exact) mass is 348 g/mol. The number of aromatic nitrogens is 3. The average molecular weight is 348 g/mol. The maximum absolute atomic E-state index is 7.59. The Morgan fingerprint density at radius 3 is 2.89 bits per heavy atom. The molecule has 1 aliphatic heterocycles. The van der Waals surface area contributed by atoms with Crippen molar-refractivity contribution in [1.82, 2.24) is 9.67 Å². The number of nitrogens with zero attached hydrogens (tertiary/aromatic N) is 5. The first-order chi connectivity index (χ1) is 13.3. The molecule has 0 bridgehead atoms. The lowest BCUT2D eigenvalue weighted by atomic mass is 10.1. The quantitative estimate of drug-likeness (QED) is 0.296. The van der Waals surface area contributed by atoms with Gasteiger partial charge in [0.15, 0.2) is 12.2 Å². The first kappa shape index (κ1) is 14.1. The summed E-state index contributed by atoms with van der Waals surface area (Å²) in [4.78, 5) is 11.5. The SMILES string of the molecule is [C-]#[N+]c1ccc2c[n+]3n(c2c1[N+]#[C-])-c1cc2oc4ncccc4c2cc1C3. The van der Waals surface area contributed by atoms with Crippen molar-refractivity contribution in [2.45, 2.75) is 6.54 Å². The summed E-state index contributed by atoms with van der Waals surface area (Å²) >= 11 is 0. The standard InChI is InChI=1S/C21H10N5O/c1-22-16-6-5-12-10-25-11-13-8-15-14-4-3-7-24-21(14)27-18(15)9-17(13)26(25)20(12)19(16)23-2/h3-10H,11H2/q+1. The second-order valence-electron chi connectivity index (χ2n) is 6.57. The first-order valence-electron chi connectivity index (χ1n) is 8.42. The molecule has 0 atom stereocenters. The van der Waals surface area contributed by atoms with Crippen molar-refractivity contribution < 1.29 is 9.10 Å². The van der Waals surface area contributed by atoms with Crippen LogP contribution in [0.3, 0.4) is 0 Å². The van der Waals surface area contributed by atoms with Crippen molar-refractivity contribution in [2.24, 2.45) is 0 Å². The predicted octanol–water partition coefficient (Wildman–Crippen LogP) is 4.68. The molecule has 4 heterocycles. The smallest absolute Gasteiger partial charge is 0.227 e. The highest BCUT2D eigenvalue weighted by Crippen LogP contribution is 2.40. The number of furan rings is 1. The van der Waals surface area contributed by atoms with Crippen LogP contribution >= 0.6 is 0 Å². The molecule has 0 N–H and O–H groups in total. The van der Waals surface area contributed by atoms with E-state index < -0.39 is 0 Å². The van der Waals surface area contributed by atoms with E-state index in [-0.39, 0.29) is 0 Å². The van der Waals surface area contributed by atoms with E-state index in [2.05, 4.69) is 25.4 Å². The Hall–Kier alpha value is -4.16. The molecule has 0 saturated heterocycles. The zero-order valence-corrected chi connectivity index (χ0v) is 14.0. The molecule has 27 heavy (non-hydrogen) atoms. The Balaban J connectivity index is 1.73. The van der Waals surface area contributed by atoms with Crippen LogP contribution in [-0.2, 0) is 6.54 Å². The van der Waals surface area contributed by atoms with E-state index in [1.807, 2.05) is 35.1 Å². The second-order valence-corrected chi connectivity index (χ2v) is 6.57. The lowest BCUT2D eigenvalue weighted by Crippen LogP contribution is -2.36. The van der Waals surface area contributed by atoms with Crippen LogP contribution in [-0.4, -0.2) is 9.67 Å². The summed E-state index contributed by atoms with van der Waals surface area (Å²) in [7, 11) is 0. The van der Waals surface area contributed by atoms with Gasteiger partial charge in [0.1, 0.15) is 16.8 Å². The van der Waals surface area contributed by atoms with E-state index in [0.717, 1.165) is 38.5 Å². The summed E-state index contributed by atoms with van der Waals surface area (Å²) in [6.07, 6.45) is 3.75. The maximum atomic E-state index is 7.59. The Labute approximate surface area is 153 Å². The van der Waals surface area contributed by atoms with Gasteiger partial charge in [-0.3, -0.25) is 4.85 Å². The highest BCUT2D eigenvalue weighted by atomic mass is 16.3. The van der Waals surface area contributed by atoms with Gasteiger partial charge in [-0.05, 0) is 18.2 Å². The van der Waals surface area contributed by atoms with Crippen molar-refractivity contribution >= 4 is 44.3 Å². The predicted molar refractivity (Wildman–Crippen MR) is 100 cm³/mol. The number of hydrogen-bond acceptors (Lipinski definition) is 2. The van der Waals surface area contributed by atoms with Crippen molar-refractivity contribution in [3.63, 3.8) is 0 Å². The topological polar surface area (TPSA) is 43.6 Å². The third kappa shape index (κ3) is 1.67. The van der Waals surface area contributed by atoms with E-state index in [9.17, 15) is 0 Å². The number of rotatable bonds is 0.